The van der Waals surface area contributed by atoms with Gasteiger partial charge in [0.05, 0.1) is 40.9 Å². The molecule has 0 unspecified atom stereocenters. The van der Waals surface area contributed by atoms with Crippen LogP contribution in [0.3, 0.4) is 0 Å². The molecule has 0 N–H and O–H groups in total. The molecule has 1 atom stereocenters. The van der Waals surface area contributed by atoms with Gasteiger partial charge in [0.1, 0.15) is 0 Å². The number of anilines is 1. The lowest BCUT2D eigenvalue weighted by atomic mass is 10.1. The first-order chi connectivity index (χ1) is 19.9. The number of benzene rings is 1. The third-order valence-corrected chi connectivity index (χ3v) is 9.98. The van der Waals surface area contributed by atoms with Crippen molar-refractivity contribution in [2.45, 2.75) is 18.7 Å². The third kappa shape index (κ3) is 4.48. The largest absolute Gasteiger partial charge is 0.377 e. The molecule has 0 saturated carbocycles. The molecule has 208 valence electrons. The fraction of sp³-hybridized carbons (Fsp3) is 0.241. The smallest absolute Gasteiger partial charge is 0.244 e. The Balaban J connectivity index is 1.41. The molecule has 0 amide bonds. The summed E-state index contributed by atoms with van der Waals surface area (Å²) in [7, 11) is -1.80. The average molecular weight is 586 g/mol. The number of aromatic nitrogens is 6. The van der Waals surface area contributed by atoms with Gasteiger partial charge in [-0.1, -0.05) is 30.3 Å². The Morgan fingerprint density at radius 3 is 2.68 bits per heavy atom. The molecule has 41 heavy (non-hydrogen) atoms. The van der Waals surface area contributed by atoms with Crippen LogP contribution in [0.15, 0.2) is 72.5 Å². The Hall–Kier alpha value is -4.13. The molecule has 10 nitrogen and oxygen atoms in total. The SMILES string of the molecule is C[C@@H]1COCCN1c1nc(-c2ccnc3c2ccn3S(=O)(=O)Cc2ccccc2)nc2c(-c3ccnn3C)csc12. The van der Waals surface area contributed by atoms with Gasteiger partial charge in [0.25, 0.3) is 0 Å². The lowest BCUT2D eigenvalue weighted by Crippen LogP contribution is -2.44. The second-order valence-electron chi connectivity index (χ2n) is 10.1. The van der Waals surface area contributed by atoms with E-state index in [1.165, 1.54) is 3.97 Å². The molecule has 1 fully saturated rings. The van der Waals surface area contributed by atoms with E-state index >= 15 is 0 Å². The van der Waals surface area contributed by atoms with E-state index in [-0.39, 0.29) is 11.8 Å². The maximum absolute atomic E-state index is 13.4. The van der Waals surface area contributed by atoms with E-state index in [9.17, 15) is 8.42 Å². The Morgan fingerprint density at radius 2 is 1.90 bits per heavy atom. The van der Waals surface area contributed by atoms with E-state index < -0.39 is 10.0 Å². The van der Waals surface area contributed by atoms with E-state index in [0.29, 0.717) is 42.2 Å². The fourth-order valence-electron chi connectivity index (χ4n) is 5.37. The van der Waals surface area contributed by atoms with Crippen LogP contribution in [-0.4, -0.2) is 62.9 Å². The number of nitrogens with zero attached hydrogens (tertiary/aromatic N) is 7. The van der Waals surface area contributed by atoms with Crippen molar-refractivity contribution in [2.75, 3.05) is 24.7 Å². The van der Waals surface area contributed by atoms with Crippen molar-refractivity contribution in [2.24, 2.45) is 7.05 Å². The van der Waals surface area contributed by atoms with Crippen molar-refractivity contribution in [1.82, 2.24) is 28.7 Å². The van der Waals surface area contributed by atoms with Crippen LogP contribution in [0.25, 0.3) is 43.9 Å². The van der Waals surface area contributed by atoms with Gasteiger partial charge in [-0.3, -0.25) is 4.68 Å². The summed E-state index contributed by atoms with van der Waals surface area (Å²) in [5.74, 6) is 1.23. The first-order valence-corrected chi connectivity index (χ1v) is 15.8. The van der Waals surface area contributed by atoms with Crippen LogP contribution in [0.4, 0.5) is 5.82 Å². The van der Waals surface area contributed by atoms with Gasteiger partial charge in [-0.2, -0.15) is 5.10 Å². The number of pyridine rings is 1. The summed E-state index contributed by atoms with van der Waals surface area (Å²) in [5.41, 5.74) is 4.54. The standard InChI is InChI=1S/C29H27N7O3S2/c1-19-16-39-15-14-35(19)29-26-25(23(17-40-26)24-9-12-31-34(24)2)32-27(33-29)21-8-11-30-28-22(21)10-13-36(28)41(37,38)18-20-6-4-3-5-7-20/h3-13,17,19H,14-16,18H2,1-2H3/t19-/m1/s1. The zero-order chi connectivity index (χ0) is 28.1. The summed E-state index contributed by atoms with van der Waals surface area (Å²) in [6.07, 6.45) is 4.96. The number of morpholine rings is 1. The van der Waals surface area contributed by atoms with E-state index in [0.717, 1.165) is 32.9 Å². The van der Waals surface area contributed by atoms with Crippen molar-refractivity contribution < 1.29 is 13.2 Å². The highest BCUT2D eigenvalue weighted by Gasteiger charge is 2.27. The highest BCUT2D eigenvalue weighted by Crippen LogP contribution is 2.40. The number of rotatable bonds is 6. The zero-order valence-electron chi connectivity index (χ0n) is 22.5. The Kier molecular flexibility index (Phi) is 6.33. The predicted octanol–water partition coefficient (Wildman–Crippen LogP) is 4.71. The van der Waals surface area contributed by atoms with Crippen LogP contribution < -0.4 is 4.90 Å². The quantitative estimate of drug-likeness (QED) is 0.277. The van der Waals surface area contributed by atoms with Gasteiger partial charge in [0.2, 0.25) is 10.0 Å². The highest BCUT2D eigenvalue weighted by molar-refractivity contribution is 7.89. The van der Waals surface area contributed by atoms with Gasteiger partial charge in [-0.25, -0.2) is 27.3 Å². The molecule has 1 aromatic carbocycles. The molecule has 5 aromatic heterocycles. The number of aryl methyl sites for hydroxylation is 1. The number of hydrogen-bond acceptors (Lipinski definition) is 9. The minimum Gasteiger partial charge on any atom is -0.377 e. The second-order valence-corrected chi connectivity index (χ2v) is 12.8. The molecule has 0 aliphatic carbocycles. The predicted molar refractivity (Wildman–Crippen MR) is 160 cm³/mol. The van der Waals surface area contributed by atoms with Gasteiger partial charge in [0, 0.05) is 54.1 Å². The Bertz CT molecular complexity index is 2000. The maximum atomic E-state index is 13.4. The van der Waals surface area contributed by atoms with E-state index in [1.807, 2.05) is 42.1 Å². The van der Waals surface area contributed by atoms with Crippen molar-refractivity contribution in [3.05, 3.63) is 78.1 Å². The van der Waals surface area contributed by atoms with E-state index in [1.54, 1.807) is 48.1 Å². The number of fused-ring (bicyclic) bond motifs is 2. The summed E-state index contributed by atoms with van der Waals surface area (Å²) in [6.45, 7) is 4.07. The van der Waals surface area contributed by atoms with Crippen LogP contribution in [-0.2, 0) is 27.6 Å². The van der Waals surface area contributed by atoms with Crippen LogP contribution in [0.1, 0.15) is 12.5 Å². The fourth-order valence-corrected chi connectivity index (χ4v) is 7.78. The third-order valence-electron chi connectivity index (χ3n) is 7.42. The summed E-state index contributed by atoms with van der Waals surface area (Å²) < 4.78 is 36.7. The van der Waals surface area contributed by atoms with Crippen LogP contribution in [0, 0.1) is 0 Å². The summed E-state index contributed by atoms with van der Waals surface area (Å²) >= 11 is 1.61. The molecule has 6 aromatic rings. The van der Waals surface area contributed by atoms with Gasteiger partial charge >= 0.3 is 0 Å². The summed E-state index contributed by atoms with van der Waals surface area (Å²) in [5, 5.41) is 7.13. The molecule has 1 aliphatic rings. The molecule has 0 bridgehead atoms. The van der Waals surface area contributed by atoms with Crippen LogP contribution in [0.2, 0.25) is 0 Å². The summed E-state index contributed by atoms with van der Waals surface area (Å²) in [4.78, 5) is 16.9. The van der Waals surface area contributed by atoms with Gasteiger partial charge in [0.15, 0.2) is 17.3 Å². The number of hydrogen-bond donors (Lipinski definition) is 0. The van der Waals surface area contributed by atoms with Crippen molar-refractivity contribution >= 4 is 48.4 Å². The topological polar surface area (TPSA) is 108 Å². The number of thiophene rings is 1. The minimum absolute atomic E-state index is 0.131. The van der Waals surface area contributed by atoms with E-state index in [2.05, 4.69) is 27.3 Å². The zero-order valence-corrected chi connectivity index (χ0v) is 24.1. The monoisotopic (exact) mass is 585 g/mol. The normalized spacial score (nSPS) is 16.1. The number of ether oxygens (including phenoxy) is 1. The maximum Gasteiger partial charge on any atom is 0.244 e. The van der Waals surface area contributed by atoms with Gasteiger partial charge in [-0.05, 0) is 30.7 Å². The second kappa shape index (κ2) is 10.1. The summed E-state index contributed by atoms with van der Waals surface area (Å²) in [6, 6.07) is 14.9. The van der Waals surface area contributed by atoms with Gasteiger partial charge < -0.3 is 9.64 Å². The molecule has 6 heterocycles. The Labute approximate surface area is 240 Å². The molecular weight excluding hydrogens is 558 g/mol. The van der Waals surface area contributed by atoms with Gasteiger partial charge in [-0.15, -0.1) is 11.3 Å². The molecule has 7 rings (SSSR count). The highest BCUT2D eigenvalue weighted by atomic mass is 32.2. The molecule has 12 heteroatoms. The van der Waals surface area contributed by atoms with Crippen LogP contribution >= 0.6 is 11.3 Å². The molecule has 0 spiro atoms. The van der Waals surface area contributed by atoms with Crippen molar-refractivity contribution in [1.29, 1.82) is 0 Å². The lowest BCUT2D eigenvalue weighted by Gasteiger charge is -2.34. The lowest BCUT2D eigenvalue weighted by molar-refractivity contribution is 0.0987. The molecule has 1 saturated heterocycles. The first kappa shape index (κ1) is 25.8. The van der Waals surface area contributed by atoms with E-state index in [4.69, 9.17) is 14.7 Å². The van der Waals surface area contributed by atoms with Crippen molar-refractivity contribution in [3.8, 4) is 22.6 Å². The molecule has 0 radical (unpaired) electrons. The molecule has 1 aliphatic heterocycles. The average Bonchev–Trinajstić information content (AvgIpc) is 3.71. The first-order valence-electron chi connectivity index (χ1n) is 13.3. The molecular formula is C29H27N7O3S2. The van der Waals surface area contributed by atoms with Crippen LogP contribution in [0.5, 0.6) is 0 Å². The Morgan fingerprint density at radius 1 is 1.05 bits per heavy atom. The van der Waals surface area contributed by atoms with Crippen molar-refractivity contribution in [3.63, 3.8) is 0 Å². The minimum atomic E-state index is -3.71.